The molecule has 0 radical (unpaired) electrons. The second-order valence-corrected chi connectivity index (χ2v) is 6.76. The minimum absolute atomic E-state index is 0.245. The summed E-state index contributed by atoms with van der Waals surface area (Å²) >= 11 is 1.24. The molecule has 4 saturated heterocycles. The van der Waals surface area contributed by atoms with Crippen LogP contribution in [0, 0.1) is 10.1 Å². The van der Waals surface area contributed by atoms with Crippen molar-refractivity contribution in [2.75, 3.05) is 40.0 Å². The number of hydrogen-bond acceptors (Lipinski definition) is 6. The highest BCUT2D eigenvalue weighted by atomic mass is 32.1. The molecule has 1 aromatic heterocycles. The summed E-state index contributed by atoms with van der Waals surface area (Å²) in [7, 11) is 0. The standard InChI is InChI=1S/C11H16N5O2S/c17-15(18)11-10(1-2-19-11)3-16-7-12-4-13(8-16)6-14(5-12)9-16/h1-2H,3-9H2/q+1. The van der Waals surface area contributed by atoms with Gasteiger partial charge in [-0.15, -0.1) is 0 Å². The largest absolute Gasteiger partial charge is 0.332 e. The zero-order valence-electron chi connectivity index (χ0n) is 10.6. The van der Waals surface area contributed by atoms with Gasteiger partial charge < -0.3 is 0 Å². The Morgan fingerprint density at radius 1 is 1.21 bits per heavy atom. The fourth-order valence-electron chi connectivity index (χ4n) is 3.78. The molecule has 0 atom stereocenters. The predicted molar refractivity (Wildman–Crippen MR) is 69.7 cm³/mol. The van der Waals surface area contributed by atoms with Crippen LogP contribution in [0.5, 0.6) is 0 Å². The van der Waals surface area contributed by atoms with Crippen LogP contribution in [0.3, 0.4) is 0 Å². The summed E-state index contributed by atoms with van der Waals surface area (Å²) in [4.78, 5) is 18.1. The Labute approximate surface area is 115 Å². The first-order chi connectivity index (χ1) is 9.13. The highest BCUT2D eigenvalue weighted by molar-refractivity contribution is 7.13. The van der Waals surface area contributed by atoms with Crippen molar-refractivity contribution in [3.8, 4) is 0 Å². The minimum Gasteiger partial charge on any atom is -0.282 e. The number of quaternary nitrogens is 1. The zero-order valence-corrected chi connectivity index (χ0v) is 11.4. The number of thiophene rings is 1. The summed E-state index contributed by atoms with van der Waals surface area (Å²) in [6.07, 6.45) is 0. The van der Waals surface area contributed by atoms with Gasteiger partial charge in [0.1, 0.15) is 26.6 Å². The smallest absolute Gasteiger partial charge is 0.282 e. The van der Waals surface area contributed by atoms with Crippen molar-refractivity contribution < 1.29 is 9.41 Å². The molecule has 4 aliphatic heterocycles. The molecule has 0 N–H and O–H groups in total. The fourth-order valence-corrected chi connectivity index (χ4v) is 4.51. The van der Waals surface area contributed by atoms with Crippen LogP contribution in [0.4, 0.5) is 5.00 Å². The molecule has 8 heteroatoms. The SMILES string of the molecule is O=[N+]([O-])c1sccc1C[N+]12CN3CN(CN(C3)C1)C2. The van der Waals surface area contributed by atoms with Crippen LogP contribution in [-0.2, 0) is 6.54 Å². The molecule has 4 bridgehead atoms. The average Bonchev–Trinajstić information content (AvgIpc) is 2.74. The first-order valence-electron chi connectivity index (χ1n) is 6.37. The van der Waals surface area contributed by atoms with Gasteiger partial charge in [0.2, 0.25) is 0 Å². The van der Waals surface area contributed by atoms with Crippen LogP contribution in [0.2, 0.25) is 0 Å². The molecule has 102 valence electrons. The fraction of sp³-hybridized carbons (Fsp3) is 0.636. The molecule has 7 nitrogen and oxygen atoms in total. The monoisotopic (exact) mass is 282 g/mol. The van der Waals surface area contributed by atoms with Gasteiger partial charge in [-0.1, -0.05) is 11.3 Å². The van der Waals surface area contributed by atoms with Crippen molar-refractivity contribution in [1.29, 1.82) is 0 Å². The summed E-state index contributed by atoms with van der Waals surface area (Å²) in [6, 6.07) is 1.92. The van der Waals surface area contributed by atoms with E-state index in [4.69, 9.17) is 0 Å². The molecule has 0 amide bonds. The van der Waals surface area contributed by atoms with Crippen LogP contribution < -0.4 is 0 Å². The van der Waals surface area contributed by atoms with Gasteiger partial charge in [0, 0.05) is 0 Å². The molecular weight excluding hydrogens is 266 g/mol. The van der Waals surface area contributed by atoms with Gasteiger partial charge in [-0.05, 0) is 11.4 Å². The molecule has 4 fully saturated rings. The predicted octanol–water partition coefficient (Wildman–Crippen LogP) is 0.665. The van der Waals surface area contributed by atoms with E-state index in [2.05, 4.69) is 14.7 Å². The van der Waals surface area contributed by atoms with Crippen molar-refractivity contribution >= 4 is 16.3 Å². The zero-order chi connectivity index (χ0) is 13.0. The molecule has 0 aliphatic carbocycles. The molecule has 0 saturated carbocycles. The summed E-state index contributed by atoms with van der Waals surface area (Å²) in [6.45, 7) is 6.94. The molecule has 5 heterocycles. The van der Waals surface area contributed by atoms with Gasteiger partial charge >= 0.3 is 5.00 Å². The quantitative estimate of drug-likeness (QED) is 0.463. The Morgan fingerprint density at radius 3 is 2.32 bits per heavy atom. The van der Waals surface area contributed by atoms with Crippen LogP contribution in [0.25, 0.3) is 0 Å². The molecule has 4 aliphatic rings. The molecule has 0 unspecified atom stereocenters. The van der Waals surface area contributed by atoms with Gasteiger partial charge in [-0.25, -0.2) is 14.7 Å². The van der Waals surface area contributed by atoms with Gasteiger partial charge in [0.25, 0.3) is 0 Å². The second kappa shape index (κ2) is 3.97. The first-order valence-corrected chi connectivity index (χ1v) is 7.24. The van der Waals surface area contributed by atoms with Crippen LogP contribution in [-0.4, -0.2) is 64.1 Å². The molecule has 0 aromatic carbocycles. The number of nitrogens with zero attached hydrogens (tertiary/aromatic N) is 5. The van der Waals surface area contributed by atoms with E-state index in [1.807, 2.05) is 11.4 Å². The Morgan fingerprint density at radius 2 is 1.79 bits per heavy atom. The van der Waals surface area contributed by atoms with Gasteiger partial charge in [-0.3, -0.25) is 14.6 Å². The molecule has 0 spiro atoms. The van der Waals surface area contributed by atoms with Gasteiger partial charge in [0.15, 0.2) is 0 Å². The van der Waals surface area contributed by atoms with Crippen molar-refractivity contribution in [2.24, 2.45) is 0 Å². The number of nitro groups is 1. The number of rotatable bonds is 3. The lowest BCUT2D eigenvalue weighted by Gasteiger charge is -2.60. The van der Waals surface area contributed by atoms with E-state index < -0.39 is 0 Å². The third-order valence-electron chi connectivity index (χ3n) is 4.10. The van der Waals surface area contributed by atoms with Crippen molar-refractivity contribution in [2.45, 2.75) is 6.54 Å². The van der Waals surface area contributed by atoms with E-state index in [1.165, 1.54) is 11.3 Å². The van der Waals surface area contributed by atoms with E-state index in [-0.39, 0.29) is 4.92 Å². The lowest BCUT2D eigenvalue weighted by atomic mass is 10.2. The maximum Gasteiger partial charge on any atom is 0.332 e. The van der Waals surface area contributed by atoms with E-state index >= 15 is 0 Å². The minimum atomic E-state index is -0.245. The van der Waals surface area contributed by atoms with Crippen LogP contribution in [0.15, 0.2) is 11.4 Å². The van der Waals surface area contributed by atoms with Crippen molar-refractivity contribution in [1.82, 2.24) is 14.7 Å². The normalized spacial score (nSPS) is 39.7. The third kappa shape index (κ3) is 1.87. The first kappa shape index (κ1) is 11.7. The van der Waals surface area contributed by atoms with E-state index in [0.29, 0.717) is 5.00 Å². The van der Waals surface area contributed by atoms with Gasteiger partial charge in [-0.2, -0.15) is 0 Å². The third-order valence-corrected chi connectivity index (χ3v) is 5.00. The summed E-state index contributed by atoms with van der Waals surface area (Å²) in [5.41, 5.74) is 0.889. The highest BCUT2D eigenvalue weighted by Crippen LogP contribution is 2.34. The molecule has 5 rings (SSSR count). The van der Waals surface area contributed by atoms with E-state index in [9.17, 15) is 10.1 Å². The van der Waals surface area contributed by atoms with E-state index in [0.717, 1.165) is 56.6 Å². The Balaban J connectivity index is 1.62. The summed E-state index contributed by atoms with van der Waals surface area (Å²) in [5, 5.41) is 13.2. The second-order valence-electron chi connectivity index (χ2n) is 5.87. The Hall–Kier alpha value is -1.06. The molecule has 1 aromatic rings. The summed E-state index contributed by atoms with van der Waals surface area (Å²) in [5.74, 6) is 0. The molecule has 19 heavy (non-hydrogen) atoms. The number of hydrogen-bond donors (Lipinski definition) is 0. The molecular formula is C11H16N5O2S+. The maximum absolute atomic E-state index is 11.0. The lowest BCUT2D eigenvalue weighted by Crippen LogP contribution is -2.78. The van der Waals surface area contributed by atoms with Crippen molar-refractivity contribution in [3.05, 3.63) is 27.1 Å². The van der Waals surface area contributed by atoms with E-state index in [1.54, 1.807) is 0 Å². The Kier molecular flexibility index (Phi) is 2.45. The highest BCUT2D eigenvalue weighted by Gasteiger charge is 2.49. The van der Waals surface area contributed by atoms with Crippen LogP contribution in [0.1, 0.15) is 5.56 Å². The van der Waals surface area contributed by atoms with Gasteiger partial charge in [0.05, 0.1) is 30.5 Å². The topological polar surface area (TPSA) is 52.9 Å². The maximum atomic E-state index is 11.0. The Bertz CT molecular complexity index is 496. The van der Waals surface area contributed by atoms with Crippen molar-refractivity contribution in [3.63, 3.8) is 0 Å². The average molecular weight is 282 g/mol. The lowest BCUT2D eigenvalue weighted by molar-refractivity contribution is -0.991. The van der Waals surface area contributed by atoms with Crippen LogP contribution >= 0.6 is 11.3 Å². The summed E-state index contributed by atoms with van der Waals surface area (Å²) < 4.78 is 0.914.